The summed E-state index contributed by atoms with van der Waals surface area (Å²) in [4.78, 5) is 4.74. The second kappa shape index (κ2) is 4.80. The van der Waals surface area contributed by atoms with E-state index in [9.17, 15) is 0 Å². The average molecular weight is 284 g/mol. The Morgan fingerprint density at radius 3 is 2.65 bits per heavy atom. The molecule has 0 saturated carbocycles. The Morgan fingerprint density at radius 1 is 1.15 bits per heavy atom. The second-order valence-corrected chi connectivity index (χ2v) is 5.93. The number of rotatable bonds is 2. The quantitative estimate of drug-likeness (QED) is 0.718. The van der Waals surface area contributed by atoms with Crippen LogP contribution in [-0.4, -0.2) is 12.1 Å². The van der Waals surface area contributed by atoms with Crippen LogP contribution in [0.1, 0.15) is 11.1 Å². The van der Waals surface area contributed by atoms with Gasteiger partial charge in [0.1, 0.15) is 10.8 Å². The SMILES string of the molecule is COc1ccc(-c2nc3c(C)cc(C)cc3s2)cc1N. The summed E-state index contributed by atoms with van der Waals surface area (Å²) in [6.45, 7) is 4.21. The number of nitrogens with zero attached hydrogens (tertiary/aromatic N) is 1. The lowest BCUT2D eigenvalue weighted by molar-refractivity contribution is 0.417. The molecule has 1 aromatic heterocycles. The van der Waals surface area contributed by atoms with Crippen molar-refractivity contribution >= 4 is 27.2 Å². The Labute approximate surface area is 122 Å². The summed E-state index contributed by atoms with van der Waals surface area (Å²) in [7, 11) is 1.62. The number of nitrogen functional groups attached to an aromatic ring is 1. The topological polar surface area (TPSA) is 48.1 Å². The predicted molar refractivity (Wildman–Crippen MR) is 85.5 cm³/mol. The summed E-state index contributed by atoms with van der Waals surface area (Å²) in [5.74, 6) is 0.696. The first-order valence-electron chi connectivity index (χ1n) is 6.40. The third-order valence-corrected chi connectivity index (χ3v) is 4.36. The lowest BCUT2D eigenvalue weighted by atomic mass is 10.1. The van der Waals surface area contributed by atoms with Crippen molar-refractivity contribution in [3.63, 3.8) is 0 Å². The molecule has 1 heterocycles. The van der Waals surface area contributed by atoms with Crippen LogP contribution in [0.2, 0.25) is 0 Å². The summed E-state index contributed by atoms with van der Waals surface area (Å²) >= 11 is 1.69. The molecule has 0 aliphatic carbocycles. The molecule has 0 aliphatic heterocycles. The first-order valence-corrected chi connectivity index (χ1v) is 7.22. The number of aryl methyl sites for hydroxylation is 2. The fourth-order valence-corrected chi connectivity index (χ4v) is 3.50. The van der Waals surface area contributed by atoms with Crippen LogP contribution in [0.3, 0.4) is 0 Å². The maximum Gasteiger partial charge on any atom is 0.141 e. The van der Waals surface area contributed by atoms with Crippen molar-refractivity contribution in [2.24, 2.45) is 0 Å². The zero-order valence-electron chi connectivity index (χ0n) is 11.7. The number of aromatic nitrogens is 1. The molecule has 0 fully saturated rings. The monoisotopic (exact) mass is 284 g/mol. The van der Waals surface area contributed by atoms with Crippen LogP contribution in [-0.2, 0) is 0 Å². The van der Waals surface area contributed by atoms with Gasteiger partial charge in [0.25, 0.3) is 0 Å². The van der Waals surface area contributed by atoms with Gasteiger partial charge in [-0.1, -0.05) is 6.07 Å². The van der Waals surface area contributed by atoms with Gasteiger partial charge in [0.2, 0.25) is 0 Å². The third kappa shape index (κ3) is 2.12. The Morgan fingerprint density at radius 2 is 1.95 bits per heavy atom. The van der Waals surface area contributed by atoms with Gasteiger partial charge < -0.3 is 10.5 Å². The molecule has 0 atom stereocenters. The van der Waals surface area contributed by atoms with Crippen LogP contribution >= 0.6 is 11.3 Å². The molecule has 2 aromatic carbocycles. The maximum absolute atomic E-state index is 5.97. The van der Waals surface area contributed by atoms with E-state index in [1.165, 1.54) is 15.8 Å². The van der Waals surface area contributed by atoms with E-state index >= 15 is 0 Å². The van der Waals surface area contributed by atoms with Crippen molar-refractivity contribution in [2.75, 3.05) is 12.8 Å². The van der Waals surface area contributed by atoms with Crippen molar-refractivity contribution in [3.8, 4) is 16.3 Å². The molecule has 3 rings (SSSR count). The number of nitrogens with two attached hydrogens (primary N) is 1. The Balaban J connectivity index is 2.15. The fourth-order valence-electron chi connectivity index (χ4n) is 2.36. The van der Waals surface area contributed by atoms with Crippen LogP contribution in [0.4, 0.5) is 5.69 Å². The van der Waals surface area contributed by atoms with E-state index in [4.69, 9.17) is 15.5 Å². The smallest absolute Gasteiger partial charge is 0.141 e. The van der Waals surface area contributed by atoms with Crippen molar-refractivity contribution in [1.82, 2.24) is 4.98 Å². The minimum atomic E-state index is 0.636. The van der Waals surface area contributed by atoms with Crippen LogP contribution in [0.15, 0.2) is 30.3 Å². The molecule has 0 aliphatic rings. The molecule has 20 heavy (non-hydrogen) atoms. The van der Waals surface area contributed by atoms with E-state index in [0.717, 1.165) is 16.1 Å². The lowest BCUT2D eigenvalue weighted by Gasteiger charge is -2.05. The van der Waals surface area contributed by atoms with Crippen LogP contribution in [0, 0.1) is 13.8 Å². The molecule has 102 valence electrons. The number of anilines is 1. The van der Waals surface area contributed by atoms with Gasteiger partial charge >= 0.3 is 0 Å². The molecule has 4 heteroatoms. The highest BCUT2D eigenvalue weighted by molar-refractivity contribution is 7.21. The first-order chi connectivity index (χ1) is 9.58. The number of thiazole rings is 1. The largest absolute Gasteiger partial charge is 0.495 e. The molecule has 0 bridgehead atoms. The Kier molecular flexibility index (Phi) is 3.10. The molecule has 3 aromatic rings. The van der Waals surface area contributed by atoms with Crippen LogP contribution < -0.4 is 10.5 Å². The number of hydrogen-bond acceptors (Lipinski definition) is 4. The molecule has 2 N–H and O–H groups in total. The minimum absolute atomic E-state index is 0.636. The zero-order chi connectivity index (χ0) is 14.3. The summed E-state index contributed by atoms with van der Waals surface area (Å²) in [6.07, 6.45) is 0. The third-order valence-electron chi connectivity index (χ3n) is 3.31. The van der Waals surface area contributed by atoms with E-state index in [1.54, 1.807) is 18.4 Å². The Bertz CT molecular complexity index is 793. The van der Waals surface area contributed by atoms with E-state index in [0.29, 0.717) is 11.4 Å². The molecular weight excluding hydrogens is 268 g/mol. The molecule has 3 nitrogen and oxygen atoms in total. The van der Waals surface area contributed by atoms with Gasteiger partial charge in [-0.25, -0.2) is 4.98 Å². The molecule has 0 amide bonds. The van der Waals surface area contributed by atoms with Crippen LogP contribution in [0.5, 0.6) is 5.75 Å². The van der Waals surface area contributed by atoms with Crippen molar-refractivity contribution in [2.45, 2.75) is 13.8 Å². The number of fused-ring (bicyclic) bond motifs is 1. The highest BCUT2D eigenvalue weighted by atomic mass is 32.1. The van der Waals surface area contributed by atoms with Gasteiger partial charge in [0.15, 0.2) is 0 Å². The highest BCUT2D eigenvalue weighted by Crippen LogP contribution is 2.35. The number of hydrogen-bond donors (Lipinski definition) is 1. The molecule has 0 radical (unpaired) electrons. The van der Waals surface area contributed by atoms with Gasteiger partial charge in [0, 0.05) is 5.56 Å². The van der Waals surface area contributed by atoms with Crippen LogP contribution in [0.25, 0.3) is 20.8 Å². The summed E-state index contributed by atoms with van der Waals surface area (Å²) in [6, 6.07) is 10.1. The standard InChI is InChI=1S/C16H16N2OS/c1-9-6-10(2)15-14(7-9)20-16(18-15)11-4-5-13(19-3)12(17)8-11/h4-8H,17H2,1-3H3. The second-order valence-electron chi connectivity index (χ2n) is 4.90. The van der Waals surface area contributed by atoms with Gasteiger partial charge in [0.05, 0.1) is 23.0 Å². The molecular formula is C16H16N2OS. The molecule has 0 spiro atoms. The van der Waals surface area contributed by atoms with E-state index in [-0.39, 0.29) is 0 Å². The maximum atomic E-state index is 5.97. The van der Waals surface area contributed by atoms with Gasteiger partial charge in [-0.05, 0) is 49.2 Å². The number of ether oxygens (including phenoxy) is 1. The summed E-state index contributed by atoms with van der Waals surface area (Å²) in [5, 5.41) is 0.989. The van der Waals surface area contributed by atoms with Crippen molar-refractivity contribution in [1.29, 1.82) is 0 Å². The normalized spacial score (nSPS) is 10.9. The number of benzene rings is 2. The van der Waals surface area contributed by atoms with E-state index in [1.807, 2.05) is 18.2 Å². The highest BCUT2D eigenvalue weighted by Gasteiger charge is 2.10. The fraction of sp³-hybridized carbons (Fsp3) is 0.188. The van der Waals surface area contributed by atoms with Crippen molar-refractivity contribution in [3.05, 3.63) is 41.5 Å². The molecule has 0 unspecified atom stereocenters. The zero-order valence-corrected chi connectivity index (χ0v) is 12.5. The summed E-state index contributed by atoms with van der Waals surface area (Å²) < 4.78 is 6.40. The minimum Gasteiger partial charge on any atom is -0.495 e. The van der Waals surface area contributed by atoms with Gasteiger partial charge in [-0.2, -0.15) is 0 Å². The van der Waals surface area contributed by atoms with E-state index in [2.05, 4.69) is 26.0 Å². The predicted octanol–water partition coefficient (Wildman–Crippen LogP) is 4.17. The van der Waals surface area contributed by atoms with Crippen molar-refractivity contribution < 1.29 is 4.74 Å². The van der Waals surface area contributed by atoms with E-state index < -0.39 is 0 Å². The average Bonchev–Trinajstić information content (AvgIpc) is 2.82. The van der Waals surface area contributed by atoms with Gasteiger partial charge in [-0.15, -0.1) is 11.3 Å². The summed E-state index contributed by atoms with van der Waals surface area (Å²) in [5.41, 5.74) is 11.2. The van der Waals surface area contributed by atoms with Gasteiger partial charge in [-0.3, -0.25) is 0 Å². The lowest BCUT2D eigenvalue weighted by Crippen LogP contribution is -1.92. The number of methoxy groups -OCH3 is 1. The molecule has 0 saturated heterocycles. The first kappa shape index (κ1) is 12.9. The Hall–Kier alpha value is -2.07.